The van der Waals surface area contributed by atoms with Gasteiger partial charge in [-0.2, -0.15) is 0 Å². The minimum Gasteiger partial charge on any atom is -0.390 e. The molecule has 18 heavy (non-hydrogen) atoms. The smallest absolute Gasteiger partial charge is 0.176 e. The molecule has 4 N–H and O–H groups in total. The molecule has 0 spiro atoms. The highest BCUT2D eigenvalue weighted by Gasteiger charge is 2.17. The minimum absolute atomic E-state index is 0.0819. The number of rotatable bonds is 6. The zero-order valence-corrected chi connectivity index (χ0v) is 9.60. The summed E-state index contributed by atoms with van der Waals surface area (Å²) in [6, 6.07) is 6.09. The molecule has 1 rings (SSSR count). The summed E-state index contributed by atoms with van der Waals surface area (Å²) in [4.78, 5) is 13.8. The molecule has 0 aliphatic rings. The van der Waals surface area contributed by atoms with Gasteiger partial charge in [-0.05, 0) is 11.1 Å². The number of nitrogens with two attached hydrogens (primary N) is 1. The molecule has 1 aromatic rings. The Kier molecular flexibility index (Phi) is 5.29. The van der Waals surface area contributed by atoms with Crippen LogP contribution in [0.1, 0.15) is 22.0 Å². The van der Waals surface area contributed by atoms with Crippen LogP contribution in [-0.2, 0) is 0 Å². The molecule has 0 saturated heterocycles. The van der Waals surface area contributed by atoms with Crippen molar-refractivity contribution < 1.29 is 15.0 Å². The van der Waals surface area contributed by atoms with Crippen molar-refractivity contribution in [3.8, 4) is 0 Å². The molecular weight excluding hydrogens is 236 g/mol. The second-order valence-electron chi connectivity index (χ2n) is 3.67. The number of nitrogens with zero attached hydrogens (tertiary/aromatic N) is 3. The van der Waals surface area contributed by atoms with Crippen LogP contribution in [-0.4, -0.2) is 35.2 Å². The zero-order valence-electron chi connectivity index (χ0n) is 9.60. The summed E-state index contributed by atoms with van der Waals surface area (Å²) in [5.41, 5.74) is 14.2. The summed E-state index contributed by atoms with van der Waals surface area (Å²) >= 11 is 0. The van der Waals surface area contributed by atoms with Crippen molar-refractivity contribution >= 4 is 5.78 Å². The summed E-state index contributed by atoms with van der Waals surface area (Å²) in [6.45, 7) is -0.303. The molecule has 0 bridgehead atoms. The standard InChI is InChI=1S/C11H14N4O3/c12-5-9(16)7-1-3-8(4-2-7)11(18)10(17)6-14-15-13/h1-4,10-11,17-18H,5-6,12H2. The predicted octanol–water partition coefficient (Wildman–Crippen LogP) is 0.533. The van der Waals surface area contributed by atoms with Crippen molar-refractivity contribution in [2.75, 3.05) is 13.1 Å². The van der Waals surface area contributed by atoms with Gasteiger partial charge in [0.15, 0.2) is 5.78 Å². The van der Waals surface area contributed by atoms with E-state index in [1.54, 1.807) is 0 Å². The van der Waals surface area contributed by atoms with E-state index >= 15 is 0 Å². The van der Waals surface area contributed by atoms with Crippen molar-refractivity contribution in [1.82, 2.24) is 0 Å². The molecule has 0 aliphatic heterocycles. The van der Waals surface area contributed by atoms with Gasteiger partial charge < -0.3 is 15.9 Å². The number of aliphatic hydroxyl groups excluding tert-OH is 2. The number of azide groups is 1. The second-order valence-corrected chi connectivity index (χ2v) is 3.67. The number of hydrogen-bond donors (Lipinski definition) is 3. The first-order valence-electron chi connectivity index (χ1n) is 5.30. The van der Waals surface area contributed by atoms with Crippen molar-refractivity contribution in [3.05, 3.63) is 45.8 Å². The van der Waals surface area contributed by atoms with E-state index in [-0.39, 0.29) is 18.9 Å². The number of aliphatic hydroxyl groups is 2. The first kappa shape index (κ1) is 14.1. The lowest BCUT2D eigenvalue weighted by atomic mass is 10.0. The Balaban J connectivity index is 2.78. The summed E-state index contributed by atoms with van der Waals surface area (Å²) in [5, 5.41) is 22.5. The first-order chi connectivity index (χ1) is 8.60. The number of hydrogen-bond acceptors (Lipinski definition) is 5. The van der Waals surface area contributed by atoms with Gasteiger partial charge in [-0.1, -0.05) is 29.4 Å². The molecule has 7 heteroatoms. The molecule has 2 atom stereocenters. The average Bonchev–Trinajstić information content (AvgIpc) is 2.43. The fraction of sp³-hybridized carbons (Fsp3) is 0.364. The van der Waals surface area contributed by atoms with Crippen LogP contribution >= 0.6 is 0 Å². The van der Waals surface area contributed by atoms with Crippen LogP contribution in [0.2, 0.25) is 0 Å². The SMILES string of the molecule is [N-]=[N+]=NCC(O)C(O)c1ccc(C(=O)CN)cc1. The van der Waals surface area contributed by atoms with Gasteiger partial charge in [-0.15, -0.1) is 0 Å². The minimum atomic E-state index is -1.18. The van der Waals surface area contributed by atoms with Gasteiger partial charge in [0.2, 0.25) is 0 Å². The maximum atomic E-state index is 11.3. The van der Waals surface area contributed by atoms with Gasteiger partial charge in [0.05, 0.1) is 19.2 Å². The summed E-state index contributed by atoms with van der Waals surface area (Å²) < 4.78 is 0. The van der Waals surface area contributed by atoms with Crippen molar-refractivity contribution in [2.24, 2.45) is 10.8 Å². The number of Topliss-reactive ketones (excluding diaryl/α,β-unsaturated/α-hetero) is 1. The highest BCUT2D eigenvalue weighted by molar-refractivity contribution is 5.97. The number of ketones is 1. The maximum Gasteiger partial charge on any atom is 0.176 e. The highest BCUT2D eigenvalue weighted by Crippen LogP contribution is 2.18. The largest absolute Gasteiger partial charge is 0.390 e. The fourth-order valence-corrected chi connectivity index (χ4v) is 1.43. The van der Waals surface area contributed by atoms with Crippen molar-refractivity contribution in [3.63, 3.8) is 0 Å². The quantitative estimate of drug-likeness (QED) is 0.294. The van der Waals surface area contributed by atoms with Gasteiger partial charge in [-0.25, -0.2) is 0 Å². The molecule has 0 saturated carbocycles. The van der Waals surface area contributed by atoms with Crippen LogP contribution in [0.5, 0.6) is 0 Å². The van der Waals surface area contributed by atoms with E-state index in [0.717, 1.165) is 0 Å². The van der Waals surface area contributed by atoms with Gasteiger partial charge in [-0.3, -0.25) is 4.79 Å². The number of benzene rings is 1. The lowest BCUT2D eigenvalue weighted by Crippen LogP contribution is -2.21. The molecule has 0 fully saturated rings. The summed E-state index contributed by atoms with van der Waals surface area (Å²) in [5.74, 6) is -0.203. The third kappa shape index (κ3) is 3.54. The lowest BCUT2D eigenvalue weighted by molar-refractivity contribution is 0.0244. The van der Waals surface area contributed by atoms with E-state index < -0.39 is 12.2 Å². The van der Waals surface area contributed by atoms with E-state index in [9.17, 15) is 15.0 Å². The monoisotopic (exact) mass is 250 g/mol. The molecule has 0 heterocycles. The molecule has 2 unspecified atom stereocenters. The van der Waals surface area contributed by atoms with E-state index in [2.05, 4.69) is 10.0 Å². The van der Waals surface area contributed by atoms with Gasteiger partial charge in [0, 0.05) is 10.5 Å². The zero-order chi connectivity index (χ0) is 13.5. The van der Waals surface area contributed by atoms with Gasteiger partial charge >= 0.3 is 0 Å². The van der Waals surface area contributed by atoms with Crippen molar-refractivity contribution in [2.45, 2.75) is 12.2 Å². The summed E-state index contributed by atoms with van der Waals surface area (Å²) in [7, 11) is 0. The first-order valence-corrected chi connectivity index (χ1v) is 5.30. The predicted molar refractivity (Wildman–Crippen MR) is 64.8 cm³/mol. The average molecular weight is 250 g/mol. The number of carbonyl (C=O) groups is 1. The molecule has 0 radical (unpaired) electrons. The lowest BCUT2D eigenvalue weighted by Gasteiger charge is -2.16. The molecular formula is C11H14N4O3. The third-order valence-electron chi connectivity index (χ3n) is 2.46. The van der Waals surface area contributed by atoms with Gasteiger partial charge in [0.1, 0.15) is 6.10 Å². The van der Waals surface area contributed by atoms with Crippen molar-refractivity contribution in [1.29, 1.82) is 0 Å². The van der Waals surface area contributed by atoms with Crippen LogP contribution in [0.25, 0.3) is 10.4 Å². The Labute approximate surface area is 103 Å². The molecule has 1 aromatic carbocycles. The van der Waals surface area contributed by atoms with Crippen LogP contribution in [0.4, 0.5) is 0 Å². The number of carbonyl (C=O) groups excluding carboxylic acids is 1. The molecule has 7 nitrogen and oxygen atoms in total. The Morgan fingerprint density at radius 2 is 2.00 bits per heavy atom. The fourth-order valence-electron chi connectivity index (χ4n) is 1.43. The van der Waals surface area contributed by atoms with E-state index in [1.165, 1.54) is 24.3 Å². The maximum absolute atomic E-state index is 11.3. The van der Waals surface area contributed by atoms with Gasteiger partial charge in [0.25, 0.3) is 0 Å². The second kappa shape index (κ2) is 6.73. The Morgan fingerprint density at radius 3 is 2.50 bits per heavy atom. The van der Waals surface area contributed by atoms with E-state index in [4.69, 9.17) is 11.3 Å². The molecule has 0 amide bonds. The Hall–Kier alpha value is -1.92. The van der Waals surface area contributed by atoms with E-state index in [0.29, 0.717) is 11.1 Å². The Morgan fingerprint density at radius 1 is 1.39 bits per heavy atom. The molecule has 0 aliphatic carbocycles. The van der Waals surface area contributed by atoms with E-state index in [1.807, 2.05) is 0 Å². The van der Waals surface area contributed by atoms with Crippen LogP contribution in [0, 0.1) is 0 Å². The van der Waals surface area contributed by atoms with Crippen LogP contribution in [0.15, 0.2) is 29.4 Å². The molecule has 96 valence electrons. The normalized spacial score (nSPS) is 13.5. The summed E-state index contributed by atoms with van der Waals surface area (Å²) in [6.07, 6.45) is -2.35. The Bertz CT molecular complexity index is 454. The topological polar surface area (TPSA) is 132 Å². The highest BCUT2D eigenvalue weighted by atomic mass is 16.3. The third-order valence-corrected chi connectivity index (χ3v) is 2.46. The molecule has 0 aromatic heterocycles. The van der Waals surface area contributed by atoms with Crippen LogP contribution in [0.3, 0.4) is 0 Å². The van der Waals surface area contributed by atoms with Crippen LogP contribution < -0.4 is 5.73 Å².